The molecule has 1 atom stereocenters. The molecule has 0 unspecified atom stereocenters. The highest BCUT2D eigenvalue weighted by Crippen LogP contribution is 2.35. The third-order valence-corrected chi connectivity index (χ3v) is 6.53. The number of morpholine rings is 1. The molecule has 0 spiro atoms. The quantitative estimate of drug-likeness (QED) is 0.263. The summed E-state index contributed by atoms with van der Waals surface area (Å²) in [7, 11) is 1.59. The molecule has 5 rings (SSSR count). The van der Waals surface area contributed by atoms with Crippen molar-refractivity contribution in [3.8, 4) is 16.9 Å². The molecule has 9 heteroatoms. The number of amides is 1. The summed E-state index contributed by atoms with van der Waals surface area (Å²) in [5.41, 5.74) is 3.90. The second kappa shape index (κ2) is 11.0. The lowest BCUT2D eigenvalue weighted by Gasteiger charge is -2.36. The first-order valence-corrected chi connectivity index (χ1v) is 12.3. The van der Waals surface area contributed by atoms with Crippen LogP contribution in [-0.2, 0) is 15.1 Å². The zero-order valence-corrected chi connectivity index (χ0v) is 21.0. The Balaban J connectivity index is 1.48. The van der Waals surface area contributed by atoms with Gasteiger partial charge in [0.15, 0.2) is 0 Å². The summed E-state index contributed by atoms with van der Waals surface area (Å²) in [5.74, 6) is 0.705. The van der Waals surface area contributed by atoms with E-state index in [1.807, 2.05) is 60.7 Å². The Bertz CT molecular complexity index is 1480. The second-order valence-electron chi connectivity index (χ2n) is 8.93. The van der Waals surface area contributed by atoms with E-state index in [1.165, 1.54) is 6.08 Å². The maximum absolute atomic E-state index is 11.8. The number of methoxy groups -OCH3 is 1. The van der Waals surface area contributed by atoms with E-state index in [2.05, 4.69) is 27.5 Å². The number of hydrogen-bond acceptors (Lipinski definition) is 8. The summed E-state index contributed by atoms with van der Waals surface area (Å²) >= 11 is 0. The number of fused-ring (bicyclic) bond motifs is 1. The third-order valence-electron chi connectivity index (χ3n) is 6.53. The van der Waals surface area contributed by atoms with Crippen LogP contribution in [0, 0.1) is 0 Å². The summed E-state index contributed by atoms with van der Waals surface area (Å²) in [6, 6.07) is 19.1. The van der Waals surface area contributed by atoms with Crippen LogP contribution in [0.25, 0.3) is 22.0 Å². The fraction of sp³-hybridized carbons (Fsp3) is 0.207. The molecule has 2 heterocycles. The highest BCUT2D eigenvalue weighted by molar-refractivity contribution is 6.00. The van der Waals surface area contributed by atoms with Crippen molar-refractivity contribution in [2.24, 2.45) is 0 Å². The van der Waals surface area contributed by atoms with E-state index in [-0.39, 0.29) is 12.5 Å². The predicted octanol–water partition coefficient (Wildman–Crippen LogP) is 3.98. The lowest BCUT2D eigenvalue weighted by molar-refractivity contribution is -0.111. The zero-order chi connectivity index (χ0) is 26.5. The number of para-hydroxylation sites is 1. The summed E-state index contributed by atoms with van der Waals surface area (Å²) in [5, 5.41) is 20.3. The van der Waals surface area contributed by atoms with Crippen LogP contribution in [0.2, 0.25) is 0 Å². The number of carbonyl (C=O) groups excluding carboxylic acids is 1. The molecule has 1 aliphatic rings. The molecule has 1 aliphatic heterocycles. The van der Waals surface area contributed by atoms with Crippen molar-refractivity contribution in [3.05, 3.63) is 85.1 Å². The van der Waals surface area contributed by atoms with E-state index >= 15 is 0 Å². The van der Waals surface area contributed by atoms with Gasteiger partial charge in [0.2, 0.25) is 11.9 Å². The number of aromatic nitrogens is 2. The molecule has 38 heavy (non-hydrogen) atoms. The molecule has 1 aromatic heterocycles. The number of rotatable bonds is 8. The number of ether oxygens (including phenoxy) is 2. The molecule has 3 aromatic carbocycles. The summed E-state index contributed by atoms with van der Waals surface area (Å²) in [6.07, 6.45) is 3.00. The van der Waals surface area contributed by atoms with Crippen molar-refractivity contribution in [2.75, 3.05) is 44.0 Å². The molecule has 0 aliphatic carbocycles. The van der Waals surface area contributed by atoms with Gasteiger partial charge in [-0.25, -0.2) is 9.97 Å². The average Bonchev–Trinajstić information content (AvgIpc) is 2.97. The number of carbonyl (C=O) groups is 1. The molecule has 1 saturated heterocycles. The topological polar surface area (TPSA) is 118 Å². The third kappa shape index (κ3) is 5.08. The van der Waals surface area contributed by atoms with Crippen molar-refractivity contribution < 1.29 is 19.4 Å². The zero-order valence-electron chi connectivity index (χ0n) is 21.0. The summed E-state index contributed by atoms with van der Waals surface area (Å²) < 4.78 is 11.6. The number of aliphatic hydroxyl groups excluding tert-OH is 1. The Morgan fingerprint density at radius 2 is 2.11 bits per heavy atom. The van der Waals surface area contributed by atoms with E-state index < -0.39 is 5.60 Å². The Hall–Kier alpha value is -4.31. The molecule has 1 fully saturated rings. The van der Waals surface area contributed by atoms with Crippen molar-refractivity contribution in [3.63, 3.8) is 0 Å². The highest BCUT2D eigenvalue weighted by atomic mass is 16.5. The van der Waals surface area contributed by atoms with E-state index in [0.29, 0.717) is 36.2 Å². The van der Waals surface area contributed by atoms with Gasteiger partial charge in [0.05, 0.1) is 31.5 Å². The number of nitrogens with zero attached hydrogens (tertiary/aromatic N) is 2. The van der Waals surface area contributed by atoms with Crippen LogP contribution < -0.4 is 20.7 Å². The van der Waals surface area contributed by atoms with Gasteiger partial charge in [-0.15, -0.1) is 0 Å². The van der Waals surface area contributed by atoms with Crippen LogP contribution in [-0.4, -0.2) is 54.4 Å². The minimum absolute atomic E-state index is 0.148. The smallest absolute Gasteiger partial charge is 0.247 e. The van der Waals surface area contributed by atoms with Crippen molar-refractivity contribution in [2.45, 2.75) is 5.60 Å². The summed E-state index contributed by atoms with van der Waals surface area (Å²) in [6.45, 7) is 5.12. The van der Waals surface area contributed by atoms with Gasteiger partial charge in [-0.1, -0.05) is 43.0 Å². The van der Waals surface area contributed by atoms with Crippen LogP contribution in [0.15, 0.2) is 79.5 Å². The highest BCUT2D eigenvalue weighted by Gasteiger charge is 2.35. The van der Waals surface area contributed by atoms with E-state index in [4.69, 9.17) is 14.5 Å². The standard InChI is InChI=1S/C29H29N5O4/c1-3-26(36)32-22-8-4-6-19(14-22)23-9-5-7-20-16-31-28(34-27(20)23)33-24-11-10-21(15-25(24)37-2)29(18-35)17-30-12-13-38-29/h3-11,14-16,30,35H,1,12-13,17-18H2,2H3,(H,32,36)(H,31,33,34)/t29-/m0/s1. The molecule has 0 radical (unpaired) electrons. The molecule has 9 nitrogen and oxygen atoms in total. The monoisotopic (exact) mass is 511 g/mol. The number of anilines is 3. The fourth-order valence-electron chi connectivity index (χ4n) is 4.54. The van der Waals surface area contributed by atoms with Gasteiger partial charge < -0.3 is 30.5 Å². The van der Waals surface area contributed by atoms with Gasteiger partial charge >= 0.3 is 0 Å². The molecule has 4 aromatic rings. The van der Waals surface area contributed by atoms with Crippen LogP contribution in [0.5, 0.6) is 5.75 Å². The SMILES string of the molecule is C=CC(=O)Nc1cccc(-c2cccc3cnc(Nc4ccc([C@@]5(CO)CNCCO5)cc4OC)nc23)c1. The van der Waals surface area contributed by atoms with Gasteiger partial charge in [0.1, 0.15) is 11.4 Å². The van der Waals surface area contributed by atoms with Crippen molar-refractivity contribution in [1.29, 1.82) is 0 Å². The van der Waals surface area contributed by atoms with E-state index in [1.54, 1.807) is 13.3 Å². The molecule has 194 valence electrons. The number of benzene rings is 3. The predicted molar refractivity (Wildman–Crippen MR) is 148 cm³/mol. The molecule has 0 bridgehead atoms. The largest absolute Gasteiger partial charge is 0.495 e. The number of nitrogens with one attached hydrogen (secondary N) is 3. The molecular formula is C29H29N5O4. The second-order valence-corrected chi connectivity index (χ2v) is 8.93. The summed E-state index contributed by atoms with van der Waals surface area (Å²) in [4.78, 5) is 21.1. The Morgan fingerprint density at radius 3 is 2.87 bits per heavy atom. The minimum atomic E-state index is -0.821. The molecular weight excluding hydrogens is 482 g/mol. The number of aliphatic hydroxyl groups is 1. The average molecular weight is 512 g/mol. The van der Waals surface area contributed by atoms with Crippen LogP contribution >= 0.6 is 0 Å². The first kappa shape index (κ1) is 25.3. The van der Waals surface area contributed by atoms with E-state index in [0.717, 1.165) is 34.1 Å². The van der Waals surface area contributed by atoms with Crippen LogP contribution in [0.3, 0.4) is 0 Å². The van der Waals surface area contributed by atoms with Gasteiger partial charge in [0.25, 0.3) is 0 Å². The first-order valence-electron chi connectivity index (χ1n) is 12.3. The van der Waals surface area contributed by atoms with Crippen molar-refractivity contribution in [1.82, 2.24) is 15.3 Å². The van der Waals surface area contributed by atoms with Gasteiger partial charge in [-0.05, 0) is 41.5 Å². The normalized spacial score (nSPS) is 17.1. The fourth-order valence-corrected chi connectivity index (χ4v) is 4.54. The lowest BCUT2D eigenvalue weighted by atomic mass is 9.92. The Kier molecular flexibility index (Phi) is 7.32. The molecule has 1 amide bonds. The lowest BCUT2D eigenvalue weighted by Crippen LogP contribution is -2.49. The minimum Gasteiger partial charge on any atom is -0.495 e. The molecule has 4 N–H and O–H groups in total. The van der Waals surface area contributed by atoms with Gasteiger partial charge in [0, 0.05) is 35.9 Å². The number of hydrogen-bond donors (Lipinski definition) is 4. The Labute approximate surface area is 220 Å². The maximum Gasteiger partial charge on any atom is 0.247 e. The van der Waals surface area contributed by atoms with Gasteiger partial charge in [-0.3, -0.25) is 4.79 Å². The first-order chi connectivity index (χ1) is 18.5. The van der Waals surface area contributed by atoms with E-state index in [9.17, 15) is 9.90 Å². The van der Waals surface area contributed by atoms with Crippen LogP contribution in [0.4, 0.5) is 17.3 Å². The van der Waals surface area contributed by atoms with Gasteiger partial charge in [-0.2, -0.15) is 0 Å². The molecule has 0 saturated carbocycles. The Morgan fingerprint density at radius 1 is 1.24 bits per heavy atom. The maximum atomic E-state index is 11.8. The van der Waals surface area contributed by atoms with Crippen LogP contribution in [0.1, 0.15) is 5.56 Å². The van der Waals surface area contributed by atoms with Crippen molar-refractivity contribution >= 4 is 34.1 Å².